The van der Waals surface area contributed by atoms with E-state index in [1.807, 2.05) is 24.3 Å². The predicted octanol–water partition coefficient (Wildman–Crippen LogP) is 12.2. The van der Waals surface area contributed by atoms with E-state index in [9.17, 15) is 0 Å². The van der Waals surface area contributed by atoms with E-state index in [1.165, 1.54) is 70.9 Å². The lowest BCUT2D eigenvalue weighted by molar-refractivity contribution is 0.620. The molecule has 4 nitrogen and oxygen atoms in total. The Morgan fingerprint density at radius 1 is 0.379 bits per heavy atom. The van der Waals surface area contributed by atoms with E-state index < -0.39 is 0 Å². The molecule has 0 bridgehead atoms. The van der Waals surface area contributed by atoms with Crippen molar-refractivity contribution in [3.63, 3.8) is 0 Å². The number of benzene rings is 10. The van der Waals surface area contributed by atoms with Gasteiger partial charge < -0.3 is 14.2 Å². The van der Waals surface area contributed by atoms with Crippen LogP contribution in [0.2, 0.25) is 0 Å². The number of hydrogen-bond donors (Lipinski definition) is 0. The molecule has 0 spiro atoms. The summed E-state index contributed by atoms with van der Waals surface area (Å²) < 4.78 is 6.56. The van der Waals surface area contributed by atoms with Crippen LogP contribution in [0, 0.1) is 0 Å². The van der Waals surface area contributed by atoms with E-state index in [-0.39, 0.29) is 6.71 Å². The molecule has 2 aliphatic rings. The molecule has 58 heavy (non-hydrogen) atoms. The molecular formula is C53H32BN3O. The van der Waals surface area contributed by atoms with Crippen molar-refractivity contribution < 1.29 is 4.42 Å². The van der Waals surface area contributed by atoms with Crippen molar-refractivity contribution in [2.45, 2.75) is 0 Å². The predicted molar refractivity (Wildman–Crippen MR) is 243 cm³/mol. The first kappa shape index (κ1) is 31.6. The zero-order valence-corrected chi connectivity index (χ0v) is 31.3. The number of oxazole rings is 1. The van der Waals surface area contributed by atoms with Crippen molar-refractivity contribution in [3.05, 3.63) is 194 Å². The minimum atomic E-state index is -0.0562. The fraction of sp³-hybridized carbons (Fsp3) is 0. The highest BCUT2D eigenvalue weighted by molar-refractivity contribution is 7.00. The minimum absolute atomic E-state index is 0.0562. The molecule has 10 aromatic carbocycles. The largest absolute Gasteiger partial charge is 0.436 e. The molecule has 0 aliphatic carbocycles. The van der Waals surface area contributed by atoms with Crippen molar-refractivity contribution >= 4 is 111 Å². The lowest BCUT2D eigenvalue weighted by Gasteiger charge is -2.44. The highest BCUT2D eigenvalue weighted by Crippen LogP contribution is 2.47. The summed E-state index contributed by atoms with van der Waals surface area (Å²) in [6.07, 6.45) is 0. The van der Waals surface area contributed by atoms with Gasteiger partial charge in [0.1, 0.15) is 5.52 Å². The van der Waals surface area contributed by atoms with E-state index in [0.29, 0.717) is 5.89 Å². The Hall–Kier alpha value is -7.63. The van der Waals surface area contributed by atoms with Crippen LogP contribution in [0.25, 0.3) is 65.6 Å². The van der Waals surface area contributed by atoms with Crippen molar-refractivity contribution in [1.82, 2.24) is 4.98 Å². The molecule has 13 rings (SSSR count). The fourth-order valence-corrected chi connectivity index (χ4v) is 9.70. The number of nitrogens with zero attached hydrogens (tertiary/aromatic N) is 3. The number of aromatic nitrogens is 1. The maximum Gasteiger partial charge on any atom is 0.252 e. The molecule has 0 unspecified atom stereocenters. The van der Waals surface area contributed by atoms with Gasteiger partial charge in [0.25, 0.3) is 6.71 Å². The first-order valence-corrected chi connectivity index (χ1v) is 19.9. The second-order valence-electron chi connectivity index (χ2n) is 15.6. The Balaban J connectivity index is 1.19. The van der Waals surface area contributed by atoms with Crippen molar-refractivity contribution in [3.8, 4) is 11.5 Å². The van der Waals surface area contributed by atoms with Gasteiger partial charge in [0.15, 0.2) is 5.58 Å². The van der Waals surface area contributed by atoms with Gasteiger partial charge in [-0.3, -0.25) is 0 Å². The topological polar surface area (TPSA) is 32.5 Å². The molecule has 0 saturated heterocycles. The number of rotatable bonds is 3. The quantitative estimate of drug-likeness (QED) is 0.134. The maximum absolute atomic E-state index is 6.56. The molecule has 5 heteroatoms. The van der Waals surface area contributed by atoms with Crippen LogP contribution in [-0.2, 0) is 0 Å². The van der Waals surface area contributed by atoms with Crippen molar-refractivity contribution in [2.75, 3.05) is 9.80 Å². The highest BCUT2D eigenvalue weighted by atomic mass is 16.3. The monoisotopic (exact) mass is 737 g/mol. The van der Waals surface area contributed by atoms with Gasteiger partial charge in [-0.1, -0.05) is 109 Å². The second kappa shape index (κ2) is 11.9. The van der Waals surface area contributed by atoms with Gasteiger partial charge in [0, 0.05) is 39.7 Å². The Bertz CT molecular complexity index is 3260. The Morgan fingerprint density at radius 2 is 0.810 bits per heavy atom. The number of anilines is 6. The second-order valence-corrected chi connectivity index (χ2v) is 15.6. The Kier molecular flexibility index (Phi) is 6.50. The van der Waals surface area contributed by atoms with E-state index in [2.05, 4.69) is 180 Å². The van der Waals surface area contributed by atoms with Crippen molar-refractivity contribution in [1.29, 1.82) is 0 Å². The molecule has 11 aromatic rings. The zero-order valence-electron chi connectivity index (χ0n) is 31.3. The molecule has 0 radical (unpaired) electrons. The lowest BCUT2D eigenvalue weighted by atomic mass is 9.33. The third-order valence-corrected chi connectivity index (χ3v) is 12.3. The SMILES string of the molecule is c1ccc(N2c3cc4cc5ccccc5cc4cc3B3c4cc5cc6ccccc6cc5cc4N(c4ccccc4)c4cc(-c5nc6ccccc6o5)cc2c43)cc1. The standard InChI is InChI=1S/C53H32BN3O/c1-3-17-42(18-4-1)56-47-29-39-25-35-15-9-7-13-33(35)23-37(39)27-44(47)54-45-28-38-24-34-14-8-10-16-36(34)26-40(38)30-48(45)57(43-19-5-2-6-20-43)50-32-41(31-49(56)52(50)54)53-55-46-21-11-12-22-51(46)58-53/h1-32H. The number of hydrogen-bond acceptors (Lipinski definition) is 4. The number of fused-ring (bicyclic) bond motifs is 9. The molecule has 0 atom stereocenters. The van der Waals surface area contributed by atoms with Crippen LogP contribution in [0.3, 0.4) is 0 Å². The van der Waals surface area contributed by atoms with E-state index in [1.54, 1.807) is 0 Å². The summed E-state index contributed by atoms with van der Waals surface area (Å²) in [5.74, 6) is 0.601. The first-order chi connectivity index (χ1) is 28.7. The molecular weight excluding hydrogens is 705 g/mol. The summed E-state index contributed by atoms with van der Waals surface area (Å²) in [4.78, 5) is 10.00. The first-order valence-electron chi connectivity index (χ1n) is 19.9. The van der Waals surface area contributed by atoms with E-state index in [0.717, 1.165) is 39.4 Å². The summed E-state index contributed by atoms with van der Waals surface area (Å²) in [7, 11) is 0. The summed E-state index contributed by atoms with van der Waals surface area (Å²) >= 11 is 0. The van der Waals surface area contributed by atoms with Gasteiger partial charge in [-0.05, 0) is 144 Å². The van der Waals surface area contributed by atoms with Crippen molar-refractivity contribution in [2.24, 2.45) is 0 Å². The van der Waals surface area contributed by atoms with Gasteiger partial charge in [-0.2, -0.15) is 0 Å². The van der Waals surface area contributed by atoms with Gasteiger partial charge in [0.05, 0.1) is 0 Å². The normalized spacial score (nSPS) is 13.1. The Labute approximate surface area is 334 Å². The summed E-state index contributed by atoms with van der Waals surface area (Å²) in [6, 6.07) is 70.8. The fourth-order valence-electron chi connectivity index (χ4n) is 9.70. The van der Waals surface area contributed by atoms with Gasteiger partial charge in [-0.25, -0.2) is 4.98 Å². The van der Waals surface area contributed by atoms with E-state index >= 15 is 0 Å². The molecule has 0 saturated carbocycles. The third kappa shape index (κ3) is 4.62. The summed E-state index contributed by atoms with van der Waals surface area (Å²) in [5.41, 5.74) is 13.1. The Morgan fingerprint density at radius 3 is 1.29 bits per heavy atom. The van der Waals surface area contributed by atoms with Crippen LogP contribution in [-0.4, -0.2) is 11.7 Å². The maximum atomic E-state index is 6.56. The van der Waals surface area contributed by atoms with Crippen LogP contribution >= 0.6 is 0 Å². The zero-order chi connectivity index (χ0) is 37.9. The average Bonchev–Trinajstić information content (AvgIpc) is 3.71. The van der Waals surface area contributed by atoms with Gasteiger partial charge in [-0.15, -0.1) is 0 Å². The molecule has 2 aliphatic heterocycles. The molecule has 0 N–H and O–H groups in total. The van der Waals surface area contributed by atoms with Crippen LogP contribution < -0.4 is 26.2 Å². The van der Waals surface area contributed by atoms with Crippen LogP contribution in [0.1, 0.15) is 0 Å². The third-order valence-electron chi connectivity index (χ3n) is 12.3. The van der Waals surface area contributed by atoms with Crippen LogP contribution in [0.4, 0.5) is 34.1 Å². The van der Waals surface area contributed by atoms with E-state index in [4.69, 9.17) is 9.40 Å². The molecule has 0 amide bonds. The molecule has 3 heterocycles. The van der Waals surface area contributed by atoms with Crippen LogP contribution in [0.15, 0.2) is 199 Å². The molecule has 1 aromatic heterocycles. The highest BCUT2D eigenvalue weighted by Gasteiger charge is 2.44. The molecule has 268 valence electrons. The average molecular weight is 738 g/mol. The number of para-hydroxylation sites is 4. The minimum Gasteiger partial charge on any atom is -0.436 e. The smallest absolute Gasteiger partial charge is 0.252 e. The van der Waals surface area contributed by atoms with Crippen LogP contribution in [0.5, 0.6) is 0 Å². The summed E-state index contributed by atoms with van der Waals surface area (Å²) in [6.45, 7) is -0.0562. The summed E-state index contributed by atoms with van der Waals surface area (Å²) in [5, 5.41) is 9.85. The molecule has 0 fully saturated rings. The van der Waals surface area contributed by atoms with Gasteiger partial charge in [0.2, 0.25) is 5.89 Å². The van der Waals surface area contributed by atoms with Gasteiger partial charge >= 0.3 is 0 Å². The lowest BCUT2D eigenvalue weighted by Crippen LogP contribution is -2.61.